The first-order chi connectivity index (χ1) is 4.75. The van der Waals surface area contributed by atoms with Gasteiger partial charge in [0.2, 0.25) is 0 Å². The fraction of sp³-hybridized carbons (Fsp3) is 1.00. The fourth-order valence-corrected chi connectivity index (χ4v) is 1.54. The van der Waals surface area contributed by atoms with Gasteiger partial charge in [-0.05, 0) is 18.8 Å². The average Bonchev–Trinajstić information content (AvgIpc) is 1.95. The summed E-state index contributed by atoms with van der Waals surface area (Å²) in [6.45, 7) is 2.09. The van der Waals surface area contributed by atoms with Crippen LogP contribution in [0.5, 0.6) is 0 Å². The monoisotopic (exact) mass is 142 g/mol. The number of rotatable bonds is 1. The van der Waals surface area contributed by atoms with Gasteiger partial charge in [-0.1, -0.05) is 18.5 Å². The summed E-state index contributed by atoms with van der Waals surface area (Å²) in [5, 5.41) is 3.00. The molecule has 1 saturated carbocycles. The van der Waals surface area contributed by atoms with Gasteiger partial charge in [-0.15, -0.1) is 0 Å². The van der Waals surface area contributed by atoms with E-state index < -0.39 is 0 Å². The summed E-state index contributed by atoms with van der Waals surface area (Å²) in [6.07, 6.45) is 3.13. The summed E-state index contributed by atoms with van der Waals surface area (Å²) >= 11 is 0. The Morgan fingerprint density at radius 1 is 1.50 bits per heavy atom. The highest BCUT2D eigenvalue weighted by molar-refractivity contribution is 4.87. The molecule has 3 nitrogen and oxygen atoms in total. The second-order valence-corrected chi connectivity index (χ2v) is 3.16. The third kappa shape index (κ3) is 1.34. The highest BCUT2D eigenvalue weighted by Gasteiger charge is 2.27. The Kier molecular flexibility index (Phi) is 2.38. The maximum absolute atomic E-state index is 10.2. The van der Waals surface area contributed by atoms with Gasteiger partial charge in [0.1, 0.15) is 6.04 Å². The predicted molar refractivity (Wildman–Crippen MR) is 40.6 cm³/mol. The summed E-state index contributed by atoms with van der Waals surface area (Å²) in [6, 6.07) is -0.116. The van der Waals surface area contributed by atoms with Crippen LogP contribution in [0.15, 0.2) is 5.18 Å². The van der Waals surface area contributed by atoms with E-state index >= 15 is 0 Å². The maximum atomic E-state index is 10.2. The van der Waals surface area contributed by atoms with Crippen LogP contribution >= 0.6 is 0 Å². The molecule has 10 heavy (non-hydrogen) atoms. The SMILES string of the molecule is CC1CCCC(N=O)C1N. The molecule has 1 aliphatic carbocycles. The molecule has 0 amide bonds. The van der Waals surface area contributed by atoms with E-state index in [0.717, 1.165) is 19.3 Å². The van der Waals surface area contributed by atoms with Crippen molar-refractivity contribution < 1.29 is 0 Å². The summed E-state index contributed by atoms with van der Waals surface area (Å²) in [7, 11) is 0. The van der Waals surface area contributed by atoms with Crippen LogP contribution in [0.3, 0.4) is 0 Å². The lowest BCUT2D eigenvalue weighted by atomic mass is 9.83. The van der Waals surface area contributed by atoms with Gasteiger partial charge >= 0.3 is 0 Å². The van der Waals surface area contributed by atoms with E-state index in [1.54, 1.807) is 0 Å². The second kappa shape index (κ2) is 3.10. The Hall–Kier alpha value is -0.440. The van der Waals surface area contributed by atoms with E-state index in [4.69, 9.17) is 5.73 Å². The Labute approximate surface area is 61.0 Å². The molecule has 0 aromatic carbocycles. The molecule has 1 fully saturated rings. The summed E-state index contributed by atoms with van der Waals surface area (Å²) in [5.41, 5.74) is 5.74. The third-order valence-corrected chi connectivity index (χ3v) is 2.40. The van der Waals surface area contributed by atoms with Gasteiger partial charge in [0.05, 0.1) is 0 Å². The molecule has 3 heteroatoms. The lowest BCUT2D eigenvalue weighted by molar-refractivity contribution is 0.293. The number of hydrogen-bond donors (Lipinski definition) is 1. The van der Waals surface area contributed by atoms with E-state index in [1.165, 1.54) is 0 Å². The van der Waals surface area contributed by atoms with Gasteiger partial charge in [-0.3, -0.25) is 0 Å². The maximum Gasteiger partial charge on any atom is 0.107 e. The Bertz CT molecular complexity index is 127. The van der Waals surface area contributed by atoms with Gasteiger partial charge < -0.3 is 5.73 Å². The molecule has 0 aliphatic heterocycles. The first-order valence-electron chi connectivity index (χ1n) is 3.83. The van der Waals surface area contributed by atoms with Crippen molar-refractivity contribution in [3.8, 4) is 0 Å². The van der Waals surface area contributed by atoms with Crippen LogP contribution in [0, 0.1) is 10.8 Å². The summed E-state index contributed by atoms with van der Waals surface area (Å²) < 4.78 is 0. The lowest BCUT2D eigenvalue weighted by Gasteiger charge is -2.28. The molecule has 0 heterocycles. The molecule has 0 radical (unpaired) electrons. The zero-order chi connectivity index (χ0) is 7.56. The molecule has 2 N–H and O–H groups in total. The topological polar surface area (TPSA) is 55.5 Å². The van der Waals surface area contributed by atoms with Crippen molar-refractivity contribution in [1.29, 1.82) is 0 Å². The smallest absolute Gasteiger partial charge is 0.107 e. The van der Waals surface area contributed by atoms with E-state index in [1.807, 2.05) is 0 Å². The summed E-state index contributed by atoms with van der Waals surface area (Å²) in [5.74, 6) is 0.469. The van der Waals surface area contributed by atoms with Gasteiger partial charge in [-0.2, -0.15) is 4.91 Å². The van der Waals surface area contributed by atoms with E-state index in [-0.39, 0.29) is 12.1 Å². The van der Waals surface area contributed by atoms with Gasteiger partial charge in [0, 0.05) is 6.04 Å². The average molecular weight is 142 g/mol. The largest absolute Gasteiger partial charge is 0.326 e. The molecule has 1 rings (SSSR count). The Balaban J connectivity index is 2.50. The molecule has 3 atom stereocenters. The van der Waals surface area contributed by atoms with Crippen LogP contribution in [0.2, 0.25) is 0 Å². The van der Waals surface area contributed by atoms with Crippen molar-refractivity contribution >= 4 is 0 Å². The highest BCUT2D eigenvalue weighted by atomic mass is 16.3. The van der Waals surface area contributed by atoms with E-state index in [2.05, 4.69) is 12.1 Å². The molecule has 0 aromatic heterocycles. The molecular weight excluding hydrogens is 128 g/mol. The number of nitrogens with two attached hydrogens (primary N) is 1. The lowest BCUT2D eigenvalue weighted by Crippen LogP contribution is -2.41. The minimum atomic E-state index is -0.122. The standard InChI is InChI=1S/C7H14N2O/c1-5-3-2-4-6(9-10)7(5)8/h5-7H,2-4,8H2,1H3. The second-order valence-electron chi connectivity index (χ2n) is 3.16. The van der Waals surface area contributed by atoms with Crippen molar-refractivity contribution in [3.63, 3.8) is 0 Å². The van der Waals surface area contributed by atoms with Gasteiger partial charge in [-0.25, -0.2) is 0 Å². The first-order valence-corrected chi connectivity index (χ1v) is 3.83. The van der Waals surface area contributed by atoms with Gasteiger partial charge in [0.25, 0.3) is 0 Å². The van der Waals surface area contributed by atoms with Crippen LogP contribution < -0.4 is 5.73 Å². The Morgan fingerprint density at radius 3 is 2.70 bits per heavy atom. The quantitative estimate of drug-likeness (QED) is 0.560. The molecule has 0 bridgehead atoms. The van der Waals surface area contributed by atoms with Crippen LogP contribution in [0.25, 0.3) is 0 Å². The third-order valence-electron chi connectivity index (χ3n) is 2.40. The normalized spacial score (nSPS) is 41.2. The molecule has 1 aliphatic rings. The number of nitrogens with zero attached hydrogens (tertiary/aromatic N) is 1. The van der Waals surface area contributed by atoms with Crippen molar-refractivity contribution in [3.05, 3.63) is 4.91 Å². The van der Waals surface area contributed by atoms with Crippen LogP contribution in [0.1, 0.15) is 26.2 Å². The molecule has 0 aromatic rings. The molecule has 58 valence electrons. The zero-order valence-electron chi connectivity index (χ0n) is 6.29. The van der Waals surface area contributed by atoms with Crippen molar-refractivity contribution in [1.82, 2.24) is 0 Å². The molecule has 0 spiro atoms. The summed E-state index contributed by atoms with van der Waals surface area (Å²) in [4.78, 5) is 10.2. The number of nitroso groups, excluding NO2 is 1. The van der Waals surface area contributed by atoms with Crippen molar-refractivity contribution in [2.75, 3.05) is 0 Å². The molecule has 3 unspecified atom stereocenters. The van der Waals surface area contributed by atoms with Gasteiger partial charge in [0.15, 0.2) is 0 Å². The fourth-order valence-electron chi connectivity index (χ4n) is 1.54. The van der Waals surface area contributed by atoms with E-state index in [0.29, 0.717) is 5.92 Å². The Morgan fingerprint density at radius 2 is 2.20 bits per heavy atom. The van der Waals surface area contributed by atoms with Crippen molar-refractivity contribution in [2.45, 2.75) is 38.3 Å². The molecular formula is C7H14N2O. The van der Waals surface area contributed by atoms with Crippen LogP contribution in [-0.4, -0.2) is 12.1 Å². The minimum Gasteiger partial charge on any atom is -0.326 e. The number of hydrogen-bond acceptors (Lipinski definition) is 3. The molecule has 0 saturated heterocycles. The first kappa shape index (κ1) is 7.66. The minimum absolute atomic E-state index is 0.00579. The highest BCUT2D eigenvalue weighted by Crippen LogP contribution is 2.24. The van der Waals surface area contributed by atoms with Crippen molar-refractivity contribution in [2.24, 2.45) is 16.8 Å². The predicted octanol–water partition coefficient (Wildman–Crippen LogP) is 1.27. The van der Waals surface area contributed by atoms with Crippen LogP contribution in [0.4, 0.5) is 0 Å². The zero-order valence-corrected chi connectivity index (χ0v) is 6.29. The van der Waals surface area contributed by atoms with Crippen LogP contribution in [-0.2, 0) is 0 Å². The van der Waals surface area contributed by atoms with E-state index in [9.17, 15) is 4.91 Å².